The van der Waals surface area contributed by atoms with E-state index in [1.54, 1.807) is 0 Å². The first-order chi connectivity index (χ1) is 10.2. The van der Waals surface area contributed by atoms with Crippen LogP contribution in [0.3, 0.4) is 0 Å². The van der Waals surface area contributed by atoms with E-state index in [0.717, 1.165) is 31.0 Å². The van der Waals surface area contributed by atoms with Gasteiger partial charge < -0.3 is 5.32 Å². The molecule has 118 valence electrons. The predicted octanol–water partition coefficient (Wildman–Crippen LogP) is 5.37. The van der Waals surface area contributed by atoms with Gasteiger partial charge in [-0.1, -0.05) is 45.4 Å². The van der Waals surface area contributed by atoms with Crippen LogP contribution in [0.5, 0.6) is 0 Å². The van der Waals surface area contributed by atoms with Crippen LogP contribution in [-0.4, -0.2) is 6.54 Å². The summed E-state index contributed by atoms with van der Waals surface area (Å²) in [6, 6.07) is 3.98. The van der Waals surface area contributed by atoms with E-state index < -0.39 is 11.6 Å². The maximum Gasteiger partial charge on any atom is 0.126 e. The van der Waals surface area contributed by atoms with Gasteiger partial charge in [-0.25, -0.2) is 8.78 Å². The van der Waals surface area contributed by atoms with Gasteiger partial charge >= 0.3 is 0 Å². The molecule has 1 saturated carbocycles. The molecule has 0 aliphatic heterocycles. The van der Waals surface area contributed by atoms with E-state index in [2.05, 4.69) is 12.2 Å². The summed E-state index contributed by atoms with van der Waals surface area (Å²) in [6.07, 6.45) is 9.77. The minimum Gasteiger partial charge on any atom is -0.310 e. The highest BCUT2D eigenvalue weighted by Crippen LogP contribution is 2.31. The van der Waals surface area contributed by atoms with Crippen LogP contribution in [0.4, 0.5) is 8.78 Å². The van der Waals surface area contributed by atoms with Crippen LogP contribution < -0.4 is 5.32 Å². The lowest BCUT2D eigenvalue weighted by Crippen LogP contribution is -2.25. The van der Waals surface area contributed by atoms with Gasteiger partial charge in [0.25, 0.3) is 0 Å². The summed E-state index contributed by atoms with van der Waals surface area (Å²) in [5.41, 5.74) is 0.755. The van der Waals surface area contributed by atoms with Crippen molar-refractivity contribution in [3.8, 4) is 0 Å². The smallest absolute Gasteiger partial charge is 0.126 e. The summed E-state index contributed by atoms with van der Waals surface area (Å²) in [5, 5.41) is 3.47. The van der Waals surface area contributed by atoms with Crippen molar-refractivity contribution >= 4 is 0 Å². The molecule has 1 atom stereocenters. The number of nitrogens with one attached hydrogen (secondary N) is 1. The molecule has 0 spiro atoms. The first-order valence-electron chi connectivity index (χ1n) is 8.38. The summed E-state index contributed by atoms with van der Waals surface area (Å²) in [4.78, 5) is 0. The quantitative estimate of drug-likeness (QED) is 0.696. The molecular weight excluding hydrogens is 268 g/mol. The van der Waals surface area contributed by atoms with Crippen molar-refractivity contribution < 1.29 is 8.78 Å². The van der Waals surface area contributed by atoms with Crippen LogP contribution >= 0.6 is 0 Å². The number of hydrogen-bond donors (Lipinski definition) is 1. The molecule has 1 aliphatic carbocycles. The molecule has 1 unspecified atom stereocenters. The first kappa shape index (κ1) is 16.4. The summed E-state index contributed by atoms with van der Waals surface area (Å²) >= 11 is 0. The summed E-state index contributed by atoms with van der Waals surface area (Å²) in [6.45, 7) is 3.00. The molecule has 0 radical (unpaired) electrons. The lowest BCUT2D eigenvalue weighted by Gasteiger charge is -2.24. The Hall–Kier alpha value is -0.960. The highest BCUT2D eigenvalue weighted by atomic mass is 19.1. The molecule has 21 heavy (non-hydrogen) atoms. The van der Waals surface area contributed by atoms with Gasteiger partial charge in [0, 0.05) is 12.1 Å². The molecule has 3 heteroatoms. The maximum absolute atomic E-state index is 13.5. The monoisotopic (exact) mass is 295 g/mol. The molecule has 0 saturated heterocycles. The van der Waals surface area contributed by atoms with Gasteiger partial charge in [-0.15, -0.1) is 0 Å². The van der Waals surface area contributed by atoms with Crippen molar-refractivity contribution in [2.24, 2.45) is 5.92 Å². The van der Waals surface area contributed by atoms with Crippen LogP contribution in [0.25, 0.3) is 0 Å². The largest absolute Gasteiger partial charge is 0.310 e. The minimum absolute atomic E-state index is 0.0678. The average molecular weight is 295 g/mol. The highest BCUT2D eigenvalue weighted by Gasteiger charge is 2.20. The Bertz CT molecular complexity index is 405. The molecule has 1 aromatic rings. The van der Waals surface area contributed by atoms with Gasteiger partial charge in [-0.2, -0.15) is 0 Å². The number of rotatable bonds is 6. The van der Waals surface area contributed by atoms with Crippen molar-refractivity contribution in [1.82, 2.24) is 5.32 Å². The van der Waals surface area contributed by atoms with Gasteiger partial charge in [-0.05, 0) is 43.0 Å². The second-order valence-corrected chi connectivity index (χ2v) is 6.30. The van der Waals surface area contributed by atoms with Gasteiger partial charge in [-0.3, -0.25) is 0 Å². The highest BCUT2D eigenvalue weighted by molar-refractivity contribution is 5.21. The fraction of sp³-hybridized carbons (Fsp3) is 0.667. The molecule has 2 rings (SSSR count). The second kappa shape index (κ2) is 8.47. The first-order valence-corrected chi connectivity index (χ1v) is 8.38. The fourth-order valence-electron chi connectivity index (χ4n) is 3.37. The van der Waals surface area contributed by atoms with Crippen molar-refractivity contribution in [3.63, 3.8) is 0 Å². The van der Waals surface area contributed by atoms with Gasteiger partial charge in [0.15, 0.2) is 0 Å². The molecule has 1 fully saturated rings. The van der Waals surface area contributed by atoms with E-state index >= 15 is 0 Å². The number of hydrogen-bond acceptors (Lipinski definition) is 1. The van der Waals surface area contributed by atoms with Crippen molar-refractivity contribution in [2.75, 3.05) is 6.54 Å². The lowest BCUT2D eigenvalue weighted by molar-refractivity contribution is 0.355. The summed E-state index contributed by atoms with van der Waals surface area (Å²) in [5.74, 6) is -0.281. The van der Waals surface area contributed by atoms with E-state index in [4.69, 9.17) is 0 Å². The third kappa shape index (κ3) is 5.39. The van der Waals surface area contributed by atoms with E-state index in [1.165, 1.54) is 50.7 Å². The summed E-state index contributed by atoms with van der Waals surface area (Å²) < 4.78 is 27.0. The van der Waals surface area contributed by atoms with Crippen molar-refractivity contribution in [1.29, 1.82) is 0 Å². The van der Waals surface area contributed by atoms with Crippen LogP contribution in [-0.2, 0) is 0 Å². The molecule has 0 aromatic heterocycles. The normalized spacial score (nSPS) is 18.4. The number of halogens is 2. The Morgan fingerprint density at radius 2 is 1.67 bits per heavy atom. The lowest BCUT2D eigenvalue weighted by atomic mass is 9.89. The fourth-order valence-corrected chi connectivity index (χ4v) is 3.37. The molecule has 1 nitrogen and oxygen atoms in total. The van der Waals surface area contributed by atoms with Crippen molar-refractivity contribution in [3.05, 3.63) is 35.4 Å². The minimum atomic E-state index is -0.478. The van der Waals surface area contributed by atoms with Crippen LogP contribution in [0.1, 0.15) is 69.9 Å². The third-order valence-electron chi connectivity index (χ3n) is 4.47. The van der Waals surface area contributed by atoms with Crippen LogP contribution in [0.15, 0.2) is 18.2 Å². The maximum atomic E-state index is 13.5. The van der Waals surface area contributed by atoms with E-state index in [0.29, 0.717) is 5.92 Å². The Kier molecular flexibility index (Phi) is 6.62. The van der Waals surface area contributed by atoms with Gasteiger partial charge in [0.1, 0.15) is 11.6 Å². The Balaban J connectivity index is 2.08. The number of benzene rings is 1. The zero-order valence-corrected chi connectivity index (χ0v) is 13.0. The average Bonchev–Trinajstić information content (AvgIpc) is 2.71. The predicted molar refractivity (Wildman–Crippen MR) is 83.2 cm³/mol. The summed E-state index contributed by atoms with van der Waals surface area (Å²) in [7, 11) is 0. The topological polar surface area (TPSA) is 12.0 Å². The molecule has 1 N–H and O–H groups in total. The van der Waals surface area contributed by atoms with Crippen molar-refractivity contribution in [2.45, 2.75) is 64.3 Å². The second-order valence-electron chi connectivity index (χ2n) is 6.30. The Labute approximate surface area is 127 Å². The molecule has 0 heterocycles. The third-order valence-corrected chi connectivity index (χ3v) is 4.47. The van der Waals surface area contributed by atoms with Crippen LogP contribution in [0.2, 0.25) is 0 Å². The molecule has 1 aromatic carbocycles. The molecule has 0 bridgehead atoms. The molecule has 1 aliphatic rings. The van der Waals surface area contributed by atoms with E-state index in [9.17, 15) is 8.78 Å². The van der Waals surface area contributed by atoms with Crippen LogP contribution in [0, 0.1) is 17.6 Å². The SMILES string of the molecule is CCCNC(CC1CCCCCC1)c1cc(F)cc(F)c1. The zero-order chi connectivity index (χ0) is 15.1. The van der Waals surface area contributed by atoms with E-state index in [1.807, 2.05) is 0 Å². The Morgan fingerprint density at radius 1 is 1.05 bits per heavy atom. The molecule has 0 amide bonds. The van der Waals surface area contributed by atoms with E-state index in [-0.39, 0.29) is 6.04 Å². The Morgan fingerprint density at radius 3 is 2.24 bits per heavy atom. The zero-order valence-electron chi connectivity index (χ0n) is 13.0. The molecular formula is C18H27F2N. The standard InChI is InChI=1S/C18H27F2N/c1-2-9-21-18(10-14-7-5-3-4-6-8-14)15-11-16(19)13-17(20)12-15/h11-14,18,21H,2-10H2,1H3. The van der Waals surface area contributed by atoms with Gasteiger partial charge in [0.2, 0.25) is 0 Å². The van der Waals surface area contributed by atoms with Gasteiger partial charge in [0.05, 0.1) is 0 Å².